The molecular weight excluding hydrogens is 366 g/mol. The maximum atomic E-state index is 13.0. The van der Waals surface area contributed by atoms with Crippen LogP contribution in [-0.4, -0.2) is 83.5 Å². The SMILES string of the molecule is CC1CN(C(=O)C2CCCN(C(=O)c3ccc(Cl)cc3)C2)CCN1CCO. The van der Waals surface area contributed by atoms with E-state index < -0.39 is 0 Å². The number of carbonyl (C=O) groups excluding carboxylic acids is 2. The highest BCUT2D eigenvalue weighted by Crippen LogP contribution is 2.23. The lowest BCUT2D eigenvalue weighted by Crippen LogP contribution is -2.56. The minimum Gasteiger partial charge on any atom is -0.395 e. The van der Waals surface area contributed by atoms with Crippen LogP contribution in [-0.2, 0) is 4.79 Å². The lowest BCUT2D eigenvalue weighted by molar-refractivity contribution is -0.140. The van der Waals surface area contributed by atoms with Crippen molar-refractivity contribution in [2.24, 2.45) is 5.92 Å². The van der Waals surface area contributed by atoms with Crippen LogP contribution >= 0.6 is 11.6 Å². The molecule has 2 atom stereocenters. The Kier molecular flexibility index (Phi) is 6.73. The normalized spacial score (nSPS) is 24.1. The molecule has 2 heterocycles. The topological polar surface area (TPSA) is 64.1 Å². The zero-order valence-corrected chi connectivity index (χ0v) is 16.6. The first-order valence-electron chi connectivity index (χ1n) is 9.68. The lowest BCUT2D eigenvalue weighted by Gasteiger charge is -2.42. The average Bonchev–Trinajstić information content (AvgIpc) is 2.69. The van der Waals surface area contributed by atoms with Crippen LogP contribution in [0, 0.1) is 5.92 Å². The number of β-amino-alcohol motifs (C(OH)–C–C–N with tert-alkyl or cyclic N) is 1. The molecule has 0 bridgehead atoms. The molecule has 1 aromatic rings. The largest absolute Gasteiger partial charge is 0.395 e. The van der Waals surface area contributed by atoms with Gasteiger partial charge in [-0.1, -0.05) is 11.6 Å². The first kappa shape index (κ1) is 20.1. The number of likely N-dealkylation sites (tertiary alicyclic amines) is 1. The Balaban J connectivity index is 1.60. The Morgan fingerprint density at radius 1 is 1.11 bits per heavy atom. The Morgan fingerprint density at radius 2 is 1.85 bits per heavy atom. The maximum Gasteiger partial charge on any atom is 0.253 e. The second-order valence-electron chi connectivity index (χ2n) is 7.49. The van der Waals surface area contributed by atoms with E-state index >= 15 is 0 Å². The number of benzene rings is 1. The van der Waals surface area contributed by atoms with E-state index in [9.17, 15) is 9.59 Å². The van der Waals surface area contributed by atoms with E-state index in [1.807, 2.05) is 4.90 Å². The van der Waals surface area contributed by atoms with E-state index in [4.69, 9.17) is 16.7 Å². The van der Waals surface area contributed by atoms with Gasteiger partial charge in [-0.3, -0.25) is 14.5 Å². The van der Waals surface area contributed by atoms with Crippen LogP contribution in [0.1, 0.15) is 30.1 Å². The van der Waals surface area contributed by atoms with Crippen molar-refractivity contribution in [1.82, 2.24) is 14.7 Å². The number of hydrogen-bond acceptors (Lipinski definition) is 4. The molecule has 2 aliphatic rings. The van der Waals surface area contributed by atoms with E-state index in [1.165, 1.54) is 0 Å². The van der Waals surface area contributed by atoms with Gasteiger partial charge in [0.2, 0.25) is 5.91 Å². The highest BCUT2D eigenvalue weighted by atomic mass is 35.5. The second-order valence-corrected chi connectivity index (χ2v) is 7.93. The quantitative estimate of drug-likeness (QED) is 0.846. The predicted octanol–water partition coefficient (Wildman–Crippen LogP) is 1.72. The number of amides is 2. The molecule has 27 heavy (non-hydrogen) atoms. The van der Waals surface area contributed by atoms with Gasteiger partial charge >= 0.3 is 0 Å². The highest BCUT2D eigenvalue weighted by molar-refractivity contribution is 6.30. The van der Waals surface area contributed by atoms with Gasteiger partial charge < -0.3 is 14.9 Å². The maximum absolute atomic E-state index is 13.0. The van der Waals surface area contributed by atoms with Gasteiger partial charge in [0.25, 0.3) is 5.91 Å². The third-order valence-electron chi connectivity index (χ3n) is 5.61. The highest BCUT2D eigenvalue weighted by Gasteiger charge is 2.34. The van der Waals surface area contributed by atoms with Crippen molar-refractivity contribution < 1.29 is 14.7 Å². The van der Waals surface area contributed by atoms with Crippen molar-refractivity contribution >= 4 is 23.4 Å². The summed E-state index contributed by atoms with van der Waals surface area (Å²) in [7, 11) is 0. The molecule has 0 aromatic heterocycles. The van der Waals surface area contributed by atoms with Gasteiger partial charge in [0.15, 0.2) is 0 Å². The summed E-state index contributed by atoms with van der Waals surface area (Å²) in [6, 6.07) is 7.14. The molecule has 2 amide bonds. The van der Waals surface area contributed by atoms with E-state index in [0.717, 1.165) is 19.4 Å². The van der Waals surface area contributed by atoms with Crippen molar-refractivity contribution in [3.8, 4) is 0 Å². The summed E-state index contributed by atoms with van der Waals surface area (Å²) in [6.45, 7) is 6.20. The van der Waals surface area contributed by atoms with Crippen LogP contribution in [0.5, 0.6) is 0 Å². The molecule has 1 N–H and O–H groups in total. The van der Waals surface area contributed by atoms with Gasteiger partial charge in [0, 0.05) is 55.9 Å². The number of rotatable bonds is 4. The van der Waals surface area contributed by atoms with Gasteiger partial charge in [-0.2, -0.15) is 0 Å². The Bertz CT molecular complexity index is 667. The van der Waals surface area contributed by atoms with Crippen LogP contribution in [0.25, 0.3) is 0 Å². The van der Waals surface area contributed by atoms with Gasteiger partial charge in [0.1, 0.15) is 0 Å². The summed E-state index contributed by atoms with van der Waals surface area (Å²) < 4.78 is 0. The number of nitrogens with zero attached hydrogens (tertiary/aromatic N) is 3. The van der Waals surface area contributed by atoms with Gasteiger partial charge in [-0.25, -0.2) is 0 Å². The Labute approximate surface area is 165 Å². The fourth-order valence-electron chi connectivity index (χ4n) is 4.05. The molecule has 0 radical (unpaired) electrons. The molecule has 0 saturated carbocycles. The predicted molar refractivity (Wildman–Crippen MR) is 105 cm³/mol. The van der Waals surface area contributed by atoms with E-state index in [0.29, 0.717) is 43.3 Å². The number of piperidine rings is 1. The molecule has 3 rings (SSSR count). The monoisotopic (exact) mass is 393 g/mol. The zero-order chi connectivity index (χ0) is 19.4. The molecule has 148 valence electrons. The fourth-order valence-corrected chi connectivity index (χ4v) is 4.18. The van der Waals surface area contributed by atoms with Crippen molar-refractivity contribution in [2.45, 2.75) is 25.8 Å². The van der Waals surface area contributed by atoms with E-state index in [-0.39, 0.29) is 30.4 Å². The second kappa shape index (κ2) is 9.04. The molecular formula is C20H28ClN3O3. The lowest BCUT2D eigenvalue weighted by atomic mass is 9.95. The van der Waals surface area contributed by atoms with Crippen LogP contribution in [0.2, 0.25) is 5.02 Å². The first-order valence-corrected chi connectivity index (χ1v) is 10.1. The molecule has 0 spiro atoms. The van der Waals surface area contributed by atoms with Gasteiger partial charge in [0.05, 0.1) is 12.5 Å². The third kappa shape index (κ3) is 4.81. The third-order valence-corrected chi connectivity index (χ3v) is 5.86. The standard InChI is InChI=1S/C20H28ClN3O3/c1-15-13-24(10-9-22(15)11-12-25)20(27)17-3-2-8-23(14-17)19(26)16-4-6-18(21)7-5-16/h4-7,15,17,25H,2-3,8-14H2,1H3. The molecule has 7 heteroatoms. The van der Waals surface area contributed by atoms with Crippen LogP contribution < -0.4 is 0 Å². The number of aliphatic hydroxyl groups excluding tert-OH is 1. The summed E-state index contributed by atoms with van der Waals surface area (Å²) in [5, 5.41) is 9.74. The summed E-state index contributed by atoms with van der Waals surface area (Å²) >= 11 is 5.90. The molecule has 6 nitrogen and oxygen atoms in total. The molecule has 2 aliphatic heterocycles. The first-order chi connectivity index (χ1) is 13.0. The van der Waals surface area contributed by atoms with Gasteiger partial charge in [-0.05, 0) is 44.0 Å². The molecule has 0 aliphatic carbocycles. The summed E-state index contributed by atoms with van der Waals surface area (Å²) in [5.41, 5.74) is 0.610. The number of halogens is 1. The van der Waals surface area contributed by atoms with E-state index in [2.05, 4.69) is 11.8 Å². The van der Waals surface area contributed by atoms with Gasteiger partial charge in [-0.15, -0.1) is 0 Å². The Hall–Kier alpha value is -1.63. The Morgan fingerprint density at radius 3 is 2.52 bits per heavy atom. The smallest absolute Gasteiger partial charge is 0.253 e. The van der Waals surface area contributed by atoms with Crippen LogP contribution in [0.4, 0.5) is 0 Å². The van der Waals surface area contributed by atoms with Crippen LogP contribution in [0.3, 0.4) is 0 Å². The average molecular weight is 394 g/mol. The van der Waals surface area contributed by atoms with Crippen molar-refractivity contribution in [3.63, 3.8) is 0 Å². The van der Waals surface area contributed by atoms with Crippen molar-refractivity contribution in [1.29, 1.82) is 0 Å². The zero-order valence-electron chi connectivity index (χ0n) is 15.8. The van der Waals surface area contributed by atoms with E-state index in [1.54, 1.807) is 29.2 Å². The number of carbonyl (C=O) groups is 2. The summed E-state index contributed by atoms with van der Waals surface area (Å²) in [5.74, 6) is -0.0176. The minimum atomic E-state index is -0.133. The number of aliphatic hydroxyl groups is 1. The fraction of sp³-hybridized carbons (Fsp3) is 0.600. The summed E-state index contributed by atoms with van der Waals surface area (Å²) in [4.78, 5) is 31.7. The molecule has 2 fully saturated rings. The summed E-state index contributed by atoms with van der Waals surface area (Å²) in [6.07, 6.45) is 1.67. The molecule has 1 aromatic carbocycles. The number of hydrogen-bond donors (Lipinski definition) is 1. The van der Waals surface area contributed by atoms with Crippen molar-refractivity contribution in [2.75, 3.05) is 45.9 Å². The molecule has 2 unspecified atom stereocenters. The van der Waals surface area contributed by atoms with Crippen LogP contribution in [0.15, 0.2) is 24.3 Å². The number of piperazine rings is 1. The van der Waals surface area contributed by atoms with Crippen molar-refractivity contribution in [3.05, 3.63) is 34.9 Å². The minimum absolute atomic E-state index is 0.0368. The molecule has 2 saturated heterocycles.